The van der Waals surface area contributed by atoms with Gasteiger partial charge < -0.3 is 87.4 Å². The van der Waals surface area contributed by atoms with E-state index in [9.17, 15) is 82.3 Å². The summed E-state index contributed by atoms with van der Waals surface area (Å²) in [6.45, 7) is 5.16. The van der Waals surface area contributed by atoms with Crippen LogP contribution in [0.5, 0.6) is 11.5 Å². The number of β-amino-alcohol motifs (C(OH)–C–C–N with tert-alkyl or cyclic N) is 1. The number of rotatable bonds is 13. The van der Waals surface area contributed by atoms with Crippen LogP contribution < -0.4 is 41.8 Å². The van der Waals surface area contributed by atoms with Gasteiger partial charge >= 0.3 is 10.4 Å². The molecule has 27 nitrogen and oxygen atoms in total. The van der Waals surface area contributed by atoms with Gasteiger partial charge in [-0.25, -0.2) is 0 Å². The van der Waals surface area contributed by atoms with E-state index in [0.29, 0.717) is 6.54 Å². The summed E-state index contributed by atoms with van der Waals surface area (Å²) in [7, 11) is -5.20. The molecule has 0 saturated carbocycles. The maximum absolute atomic E-state index is 14.6. The third-order valence-electron chi connectivity index (χ3n) is 11.5. The zero-order chi connectivity index (χ0) is 50.9. The number of hydrogen-bond acceptors (Lipinski definition) is 19. The number of nitrogens with zero attached hydrogens (tertiary/aromatic N) is 2. The summed E-state index contributed by atoms with van der Waals surface area (Å²) in [5.74, 6) is -10.4. The van der Waals surface area contributed by atoms with Gasteiger partial charge in [-0.3, -0.25) is 38.1 Å². The van der Waals surface area contributed by atoms with Crippen molar-refractivity contribution in [2.24, 2.45) is 11.7 Å². The van der Waals surface area contributed by atoms with Crippen molar-refractivity contribution >= 4 is 51.7 Å². The first kappa shape index (κ1) is 55.3. The number of fused-ring (bicyclic) bond motifs is 2. The van der Waals surface area contributed by atoms with E-state index in [1.165, 1.54) is 6.92 Å². The second-order valence-corrected chi connectivity index (χ2v) is 18.6. The molecule has 3 aliphatic heterocycles. The summed E-state index contributed by atoms with van der Waals surface area (Å²) < 4.78 is 36.5. The van der Waals surface area contributed by atoms with Crippen LogP contribution in [-0.4, -0.2) is 212 Å². The van der Waals surface area contributed by atoms with Gasteiger partial charge in [0.15, 0.2) is 11.5 Å². The van der Waals surface area contributed by atoms with E-state index in [2.05, 4.69) is 36.1 Å². The molecular weight excluding hydrogens is 927 g/mol. The van der Waals surface area contributed by atoms with Gasteiger partial charge in [-0.2, -0.15) is 8.42 Å². The van der Waals surface area contributed by atoms with Crippen LogP contribution in [0.15, 0.2) is 18.2 Å². The minimum atomic E-state index is -5.20. The molecule has 13 atom stereocenters. The van der Waals surface area contributed by atoms with E-state index in [1.807, 2.05) is 13.8 Å². The fraction of sp³-hybridized carbons (Fsp3) is 0.675. The number of amides is 7. The van der Waals surface area contributed by atoms with Crippen molar-refractivity contribution in [3.05, 3.63) is 23.8 Å². The Morgan fingerprint density at radius 1 is 0.838 bits per heavy atom. The third-order valence-corrected chi connectivity index (χ3v) is 11.9. The number of aliphatic hydroxyl groups excluding tert-OH is 6. The molecule has 28 heteroatoms. The molecule has 0 aliphatic carbocycles. The highest BCUT2D eigenvalue weighted by molar-refractivity contribution is 7.81. The quantitative estimate of drug-likeness (QED) is 0.0645. The highest BCUT2D eigenvalue weighted by Gasteiger charge is 2.50. The molecule has 68 heavy (non-hydrogen) atoms. The predicted molar refractivity (Wildman–Crippen MR) is 233 cm³/mol. The van der Waals surface area contributed by atoms with E-state index < -0.39 is 181 Å². The van der Waals surface area contributed by atoms with Gasteiger partial charge in [-0.15, -0.1) is 0 Å². The van der Waals surface area contributed by atoms with Crippen LogP contribution in [-0.2, 0) is 50.4 Å². The Labute approximate surface area is 391 Å². The van der Waals surface area contributed by atoms with Gasteiger partial charge in [0.2, 0.25) is 41.4 Å². The molecule has 4 rings (SSSR count). The summed E-state index contributed by atoms with van der Waals surface area (Å²) in [5.41, 5.74) is 5.93. The van der Waals surface area contributed by atoms with Gasteiger partial charge in [-0.1, -0.05) is 26.8 Å². The van der Waals surface area contributed by atoms with Gasteiger partial charge in [0, 0.05) is 57.5 Å². The van der Waals surface area contributed by atoms with E-state index in [1.54, 1.807) is 0 Å². The number of nitrogens with one attached hydrogen (secondary N) is 6. The number of carbonyl (C=O) groups excluding carboxylic acids is 7. The summed E-state index contributed by atoms with van der Waals surface area (Å²) in [4.78, 5) is 99.0. The lowest BCUT2D eigenvalue weighted by molar-refractivity contribution is -0.147. The zero-order valence-corrected chi connectivity index (χ0v) is 38.5. The minimum absolute atomic E-state index is 0.0507. The molecular formula is C40H63N9O18S. The second-order valence-electron chi connectivity index (χ2n) is 17.6. The summed E-state index contributed by atoms with van der Waals surface area (Å²) in [6, 6.07) is -8.29. The lowest BCUT2D eigenvalue weighted by atomic mass is 9.98. The van der Waals surface area contributed by atoms with Crippen molar-refractivity contribution in [3.8, 4) is 11.5 Å². The number of aliphatic hydroxyl groups is 6. The van der Waals surface area contributed by atoms with Crippen molar-refractivity contribution in [2.45, 2.75) is 132 Å². The van der Waals surface area contributed by atoms with E-state index in [4.69, 9.17) is 5.73 Å². The largest absolute Gasteiger partial charge is 0.504 e. The van der Waals surface area contributed by atoms with Gasteiger partial charge in [-0.05, 0) is 31.0 Å². The number of hydrogen-bond donors (Lipinski definition) is 15. The molecule has 0 bridgehead atoms. The first-order chi connectivity index (χ1) is 31.7. The van der Waals surface area contributed by atoms with Crippen molar-refractivity contribution in [3.63, 3.8) is 0 Å². The molecule has 1 aromatic carbocycles. The average molecular weight is 990 g/mol. The molecule has 3 heterocycles. The maximum atomic E-state index is 14.6. The topological polar surface area (TPSA) is 429 Å². The SMILES string of the molecule is CC(C)NCCNC(=O)C[C@@H](O)[C@@H]1NC(=O)[C@H]([C@H](O)Cc2ccc(O)c(OS(=O)(=O)O)c2)NC(=O)[C@@H]2C[C@@H](O)CN2C(=O)C([C@@H](C)O)NC(=O)C(N)C[C@@H](O)CNC(=O)[C@@H]2[C@@H](O)[C@@H](C)CN2C1=O. The Morgan fingerprint density at radius 3 is 2.10 bits per heavy atom. The summed E-state index contributed by atoms with van der Waals surface area (Å²) >= 11 is 0. The smallest absolute Gasteiger partial charge is 0.446 e. The Bertz CT molecular complexity index is 2120. The predicted octanol–water partition coefficient (Wildman–Crippen LogP) is -7.44. The van der Waals surface area contributed by atoms with Crippen molar-refractivity contribution in [1.82, 2.24) is 41.7 Å². The number of phenols is 1. The van der Waals surface area contributed by atoms with Crippen molar-refractivity contribution in [2.75, 3.05) is 32.7 Å². The Morgan fingerprint density at radius 2 is 1.47 bits per heavy atom. The fourth-order valence-corrected chi connectivity index (χ4v) is 8.35. The monoisotopic (exact) mass is 989 g/mol. The molecule has 382 valence electrons. The molecule has 7 amide bonds. The molecule has 1 aromatic rings. The van der Waals surface area contributed by atoms with Crippen molar-refractivity contribution in [1.29, 1.82) is 0 Å². The third kappa shape index (κ3) is 14.8. The van der Waals surface area contributed by atoms with Crippen LogP contribution in [0.3, 0.4) is 0 Å². The van der Waals surface area contributed by atoms with E-state index in [-0.39, 0.29) is 24.7 Å². The van der Waals surface area contributed by atoms with Crippen LogP contribution >= 0.6 is 0 Å². The number of phenolic OH excluding ortho intramolecular Hbond substituents is 1. The lowest BCUT2D eigenvalue weighted by Crippen LogP contribution is -2.64. The second kappa shape index (κ2) is 23.8. The Balaban J connectivity index is 1.83. The molecule has 2 unspecified atom stereocenters. The lowest BCUT2D eigenvalue weighted by Gasteiger charge is -2.34. The minimum Gasteiger partial charge on any atom is -0.504 e. The van der Waals surface area contributed by atoms with E-state index in [0.717, 1.165) is 34.9 Å². The number of nitrogens with two attached hydrogens (primary N) is 1. The van der Waals surface area contributed by atoms with Crippen molar-refractivity contribution < 1.29 is 86.5 Å². The van der Waals surface area contributed by atoms with Gasteiger partial charge in [0.1, 0.15) is 30.2 Å². The Kier molecular flexibility index (Phi) is 19.4. The molecule has 3 fully saturated rings. The molecule has 0 radical (unpaired) electrons. The number of aromatic hydroxyl groups is 1. The fourth-order valence-electron chi connectivity index (χ4n) is 7.99. The van der Waals surface area contributed by atoms with Crippen LogP contribution in [0.1, 0.15) is 52.5 Å². The zero-order valence-electron chi connectivity index (χ0n) is 37.7. The number of benzene rings is 1. The Hall–Kier alpha value is -5.30. The van der Waals surface area contributed by atoms with Crippen LogP contribution in [0, 0.1) is 5.92 Å². The van der Waals surface area contributed by atoms with Crippen LogP contribution in [0.25, 0.3) is 0 Å². The first-order valence-electron chi connectivity index (χ1n) is 21.8. The van der Waals surface area contributed by atoms with Crippen LogP contribution in [0.4, 0.5) is 0 Å². The first-order valence-corrected chi connectivity index (χ1v) is 23.2. The molecule has 3 aliphatic rings. The molecule has 0 aromatic heterocycles. The molecule has 16 N–H and O–H groups in total. The maximum Gasteiger partial charge on any atom is 0.446 e. The van der Waals surface area contributed by atoms with Crippen LogP contribution in [0.2, 0.25) is 0 Å². The average Bonchev–Trinajstić information content (AvgIpc) is 3.79. The molecule has 0 spiro atoms. The van der Waals surface area contributed by atoms with E-state index >= 15 is 0 Å². The molecule has 3 saturated heterocycles. The highest BCUT2D eigenvalue weighted by atomic mass is 32.3. The summed E-state index contributed by atoms with van der Waals surface area (Å²) in [6.07, 6.45) is -13.0. The summed E-state index contributed by atoms with van der Waals surface area (Å²) in [5, 5.41) is 91.5. The van der Waals surface area contributed by atoms with Gasteiger partial charge in [0.25, 0.3) is 0 Å². The normalized spacial score (nSPS) is 29.7. The number of carbonyl (C=O) groups is 7. The standard InChI is InChI=1S/C40H63N9O18S/c1-17(2)42-7-8-43-29(56)13-27(55)32-40(63)49-15-18(3)34(57)33(49)38(61)44-14-21(51)11-23(41)35(58)45-30(19(4)50)39(62)48-16-22(52)12-24(48)36(59)46-31(37(60)47-32)26(54)9-20-5-6-25(53)28(10-20)67-68(64,65)66/h5-6,10,17-19,21-24,26-27,30-34,42,50-55,57H,7-9,11-16,41H2,1-4H3,(H,43,56)(H,44,61)(H,45,58)(H,46,59)(H,47,60)(H,64,65,66)/t18-,19+,21+,22+,23?,24-,26+,27+,30?,31-,32-,33-,34-/m0/s1. The highest BCUT2D eigenvalue weighted by Crippen LogP contribution is 2.30. The van der Waals surface area contributed by atoms with Gasteiger partial charge in [0.05, 0.1) is 49.1 Å².